The Morgan fingerprint density at radius 2 is 0.466 bits per heavy atom. The van der Waals surface area contributed by atoms with E-state index in [2.05, 4.69) is 20.8 Å². The molecule has 0 aromatic carbocycles. The van der Waals surface area contributed by atoms with Crippen molar-refractivity contribution in [2.45, 2.75) is 342 Å². The van der Waals surface area contributed by atoms with Gasteiger partial charge in [-0.05, 0) is 25.2 Å². The number of carbonyl (C=O) groups is 1. The van der Waals surface area contributed by atoms with E-state index in [1.165, 1.54) is 308 Å². The fourth-order valence-electron chi connectivity index (χ4n) is 9.20. The van der Waals surface area contributed by atoms with Crippen LogP contribution in [0.1, 0.15) is 342 Å². The standard InChI is InChI=1S/C56H112O2/c1-4-7-10-13-16-19-22-24-26-27-28-29-30-31-32-33-34-36-38-41-44-47-50-53-56(57)58-54-55(51-48-45-42-39-21-18-15-12-9-6-3)52-49-46-43-40-37-35-25-23-20-17-14-11-8-5-2/h55H,4-54H2,1-3H3. The first-order valence-electron chi connectivity index (χ1n) is 27.9. The number of carbonyl (C=O) groups excluding carboxylic acids is 1. The van der Waals surface area contributed by atoms with Gasteiger partial charge in [-0.3, -0.25) is 4.79 Å². The Bertz CT molecular complexity index is 732. The highest BCUT2D eigenvalue weighted by molar-refractivity contribution is 5.69. The molecule has 0 aliphatic rings. The van der Waals surface area contributed by atoms with E-state index < -0.39 is 0 Å². The molecule has 0 fully saturated rings. The number of ether oxygens (including phenoxy) is 1. The van der Waals surface area contributed by atoms with Gasteiger partial charge in [-0.25, -0.2) is 0 Å². The minimum Gasteiger partial charge on any atom is -0.465 e. The van der Waals surface area contributed by atoms with Gasteiger partial charge >= 0.3 is 5.97 Å². The van der Waals surface area contributed by atoms with Crippen LogP contribution < -0.4 is 0 Å². The number of esters is 1. The topological polar surface area (TPSA) is 26.3 Å². The van der Waals surface area contributed by atoms with Crippen molar-refractivity contribution >= 4 is 5.97 Å². The normalized spacial score (nSPS) is 12.1. The van der Waals surface area contributed by atoms with E-state index in [-0.39, 0.29) is 5.97 Å². The molecular weight excluding hydrogens is 705 g/mol. The predicted molar refractivity (Wildman–Crippen MR) is 262 cm³/mol. The zero-order valence-electron chi connectivity index (χ0n) is 41.0. The molecule has 0 heterocycles. The van der Waals surface area contributed by atoms with Gasteiger partial charge in [0.25, 0.3) is 0 Å². The zero-order chi connectivity index (χ0) is 41.9. The first kappa shape index (κ1) is 57.5. The van der Waals surface area contributed by atoms with Crippen molar-refractivity contribution in [1.29, 1.82) is 0 Å². The third kappa shape index (κ3) is 49.8. The molecule has 0 radical (unpaired) electrons. The molecule has 2 heteroatoms. The second kappa shape index (κ2) is 52.6. The van der Waals surface area contributed by atoms with E-state index in [4.69, 9.17) is 4.74 Å². The maximum atomic E-state index is 12.7. The van der Waals surface area contributed by atoms with Crippen molar-refractivity contribution in [3.63, 3.8) is 0 Å². The summed E-state index contributed by atoms with van der Waals surface area (Å²) in [6, 6.07) is 0. The summed E-state index contributed by atoms with van der Waals surface area (Å²) in [6.45, 7) is 7.59. The second-order valence-electron chi connectivity index (χ2n) is 19.4. The van der Waals surface area contributed by atoms with Crippen molar-refractivity contribution in [2.75, 3.05) is 6.61 Å². The molecule has 0 rings (SSSR count). The minimum absolute atomic E-state index is 0.0672. The third-order valence-corrected chi connectivity index (χ3v) is 13.4. The monoisotopic (exact) mass is 817 g/mol. The lowest BCUT2D eigenvalue weighted by atomic mass is 9.94. The van der Waals surface area contributed by atoms with Crippen LogP contribution in [0.2, 0.25) is 0 Å². The van der Waals surface area contributed by atoms with Gasteiger partial charge in [-0.15, -0.1) is 0 Å². The molecule has 2 nitrogen and oxygen atoms in total. The van der Waals surface area contributed by atoms with Crippen molar-refractivity contribution in [3.8, 4) is 0 Å². The van der Waals surface area contributed by atoms with Crippen LogP contribution in [0.4, 0.5) is 0 Å². The smallest absolute Gasteiger partial charge is 0.305 e. The lowest BCUT2D eigenvalue weighted by Crippen LogP contribution is -2.14. The summed E-state index contributed by atoms with van der Waals surface area (Å²) >= 11 is 0. The Kier molecular flexibility index (Phi) is 52.1. The molecule has 348 valence electrons. The van der Waals surface area contributed by atoms with Crippen LogP contribution >= 0.6 is 0 Å². The molecule has 0 aromatic heterocycles. The van der Waals surface area contributed by atoms with Gasteiger partial charge in [0, 0.05) is 6.42 Å². The first-order chi connectivity index (χ1) is 28.7. The van der Waals surface area contributed by atoms with Gasteiger partial charge in [-0.1, -0.05) is 316 Å². The Morgan fingerprint density at radius 1 is 0.276 bits per heavy atom. The molecule has 0 spiro atoms. The van der Waals surface area contributed by atoms with Crippen LogP contribution in [-0.4, -0.2) is 12.6 Å². The lowest BCUT2D eigenvalue weighted by molar-refractivity contribution is -0.145. The quantitative estimate of drug-likeness (QED) is 0.0451. The van der Waals surface area contributed by atoms with Gasteiger partial charge in [-0.2, -0.15) is 0 Å². The fourth-order valence-corrected chi connectivity index (χ4v) is 9.20. The van der Waals surface area contributed by atoms with Crippen LogP contribution in [0.15, 0.2) is 0 Å². The minimum atomic E-state index is 0.0672. The number of rotatable bonds is 52. The average molecular weight is 818 g/mol. The highest BCUT2D eigenvalue weighted by Gasteiger charge is 2.12. The summed E-state index contributed by atoms with van der Waals surface area (Å²) < 4.78 is 5.93. The Hall–Kier alpha value is -0.530. The van der Waals surface area contributed by atoms with E-state index in [9.17, 15) is 4.79 Å². The van der Waals surface area contributed by atoms with Crippen molar-refractivity contribution < 1.29 is 9.53 Å². The van der Waals surface area contributed by atoms with Crippen LogP contribution in [0.5, 0.6) is 0 Å². The maximum absolute atomic E-state index is 12.7. The second-order valence-corrected chi connectivity index (χ2v) is 19.4. The van der Waals surface area contributed by atoms with E-state index in [1.807, 2.05) is 0 Å². The van der Waals surface area contributed by atoms with Crippen molar-refractivity contribution in [2.24, 2.45) is 5.92 Å². The van der Waals surface area contributed by atoms with Crippen LogP contribution in [-0.2, 0) is 9.53 Å². The molecular formula is C56H112O2. The van der Waals surface area contributed by atoms with E-state index in [0.29, 0.717) is 18.9 Å². The first-order valence-corrected chi connectivity index (χ1v) is 27.9. The van der Waals surface area contributed by atoms with Gasteiger partial charge in [0.2, 0.25) is 0 Å². The number of unbranched alkanes of at least 4 members (excludes halogenated alkanes) is 44. The van der Waals surface area contributed by atoms with E-state index >= 15 is 0 Å². The van der Waals surface area contributed by atoms with Crippen LogP contribution in [0, 0.1) is 5.92 Å². The average Bonchev–Trinajstić information content (AvgIpc) is 3.23. The number of hydrogen-bond acceptors (Lipinski definition) is 2. The van der Waals surface area contributed by atoms with Gasteiger partial charge in [0.05, 0.1) is 6.61 Å². The molecule has 0 aliphatic carbocycles. The van der Waals surface area contributed by atoms with E-state index in [1.54, 1.807) is 0 Å². The summed E-state index contributed by atoms with van der Waals surface area (Å²) in [5.74, 6) is 0.641. The molecule has 1 atom stereocenters. The zero-order valence-corrected chi connectivity index (χ0v) is 41.0. The van der Waals surface area contributed by atoms with Crippen LogP contribution in [0.25, 0.3) is 0 Å². The predicted octanol–water partition coefficient (Wildman–Crippen LogP) is 20.7. The molecule has 0 N–H and O–H groups in total. The number of hydrogen-bond donors (Lipinski definition) is 0. The molecule has 0 aliphatic heterocycles. The summed E-state index contributed by atoms with van der Waals surface area (Å²) in [5, 5.41) is 0. The third-order valence-electron chi connectivity index (χ3n) is 13.4. The largest absolute Gasteiger partial charge is 0.465 e. The highest BCUT2D eigenvalue weighted by Crippen LogP contribution is 2.22. The Balaban J connectivity index is 3.86. The molecule has 1 unspecified atom stereocenters. The van der Waals surface area contributed by atoms with Gasteiger partial charge < -0.3 is 4.74 Å². The Labute approximate surface area is 368 Å². The summed E-state index contributed by atoms with van der Waals surface area (Å²) in [4.78, 5) is 12.7. The maximum Gasteiger partial charge on any atom is 0.305 e. The molecule has 0 saturated carbocycles. The molecule has 58 heavy (non-hydrogen) atoms. The lowest BCUT2D eigenvalue weighted by Gasteiger charge is -2.17. The highest BCUT2D eigenvalue weighted by atomic mass is 16.5. The fraction of sp³-hybridized carbons (Fsp3) is 0.982. The van der Waals surface area contributed by atoms with Crippen molar-refractivity contribution in [3.05, 3.63) is 0 Å². The summed E-state index contributed by atoms with van der Waals surface area (Å²) in [6.07, 6.45) is 69.2. The molecule has 0 saturated heterocycles. The van der Waals surface area contributed by atoms with Gasteiger partial charge in [0.15, 0.2) is 0 Å². The SMILES string of the molecule is CCCCCCCCCCCCCCCCCCCCCCCCCC(=O)OCC(CCCCCCCCCCCC)CCCCCCCCCCCCCCCC. The van der Waals surface area contributed by atoms with Gasteiger partial charge in [0.1, 0.15) is 0 Å². The summed E-state index contributed by atoms with van der Waals surface area (Å²) in [5.41, 5.74) is 0. The Morgan fingerprint density at radius 3 is 0.690 bits per heavy atom. The molecule has 0 bridgehead atoms. The van der Waals surface area contributed by atoms with Crippen molar-refractivity contribution in [1.82, 2.24) is 0 Å². The summed E-state index contributed by atoms with van der Waals surface area (Å²) in [7, 11) is 0. The molecule has 0 amide bonds. The van der Waals surface area contributed by atoms with E-state index in [0.717, 1.165) is 6.42 Å². The molecule has 0 aromatic rings. The van der Waals surface area contributed by atoms with Crippen LogP contribution in [0.3, 0.4) is 0 Å².